The fourth-order valence-electron chi connectivity index (χ4n) is 1.80. The highest BCUT2D eigenvalue weighted by atomic mass is 79.9. The first kappa shape index (κ1) is 18.7. The van der Waals surface area contributed by atoms with Gasteiger partial charge in [-0.2, -0.15) is 18.3 Å². The first-order chi connectivity index (χ1) is 11.8. The van der Waals surface area contributed by atoms with Crippen LogP contribution in [0.3, 0.4) is 0 Å². The Bertz CT molecular complexity index is 801. The minimum absolute atomic E-state index is 0.218. The molecule has 0 amide bonds. The summed E-state index contributed by atoms with van der Waals surface area (Å²) in [6.45, 7) is 0. The number of rotatable bonds is 5. The summed E-state index contributed by atoms with van der Waals surface area (Å²) in [6, 6.07) is 10.5. The minimum atomic E-state index is -4.44. The molecule has 25 heavy (non-hydrogen) atoms. The summed E-state index contributed by atoms with van der Waals surface area (Å²) in [5, 5.41) is 15.2. The number of benzene rings is 2. The first-order valence-corrected chi connectivity index (χ1v) is 7.59. The van der Waals surface area contributed by atoms with Gasteiger partial charge in [-0.25, -0.2) is 0 Å². The van der Waals surface area contributed by atoms with E-state index in [-0.39, 0.29) is 11.4 Å². The molecule has 0 aliphatic carbocycles. The van der Waals surface area contributed by atoms with Gasteiger partial charge in [0.1, 0.15) is 0 Å². The van der Waals surface area contributed by atoms with Gasteiger partial charge in [-0.1, -0.05) is 21.1 Å². The van der Waals surface area contributed by atoms with Crippen molar-refractivity contribution in [1.82, 2.24) is 0 Å². The molecule has 0 unspecified atom stereocenters. The van der Waals surface area contributed by atoms with E-state index in [0.717, 1.165) is 22.8 Å². The van der Waals surface area contributed by atoms with Crippen LogP contribution in [-0.2, 0) is 6.18 Å². The van der Waals surface area contributed by atoms with Crippen molar-refractivity contribution < 1.29 is 23.2 Å². The Kier molecular flexibility index (Phi) is 5.92. The quantitative estimate of drug-likeness (QED) is 0.326. The third kappa shape index (κ3) is 5.15. The Morgan fingerprint density at radius 2 is 1.68 bits per heavy atom. The van der Waals surface area contributed by atoms with E-state index < -0.39 is 17.5 Å². The van der Waals surface area contributed by atoms with Gasteiger partial charge in [-0.15, -0.1) is 0 Å². The largest absolute Gasteiger partial charge is 0.416 e. The lowest BCUT2D eigenvalue weighted by molar-refractivity contribution is -0.137. The first-order valence-electron chi connectivity index (χ1n) is 6.80. The fraction of sp³-hybridized carbons (Fsp3) is 0.0625. The van der Waals surface area contributed by atoms with Crippen molar-refractivity contribution in [2.45, 2.75) is 6.18 Å². The standard InChI is InChI=1S/C16H11BrF3N3O2/c17-12-5-1-10(2-6-12)15(24)14(9-21-25)23-22-13-7-3-11(4-8-13)16(18,19)20/h1-9,22,25H/b21-9+,23-14-. The normalized spacial score (nSPS) is 12.4. The van der Waals surface area contributed by atoms with Crippen molar-refractivity contribution in [2.75, 3.05) is 5.43 Å². The lowest BCUT2D eigenvalue weighted by atomic mass is 10.1. The monoisotopic (exact) mass is 413 g/mol. The Hall–Kier alpha value is -2.68. The van der Waals surface area contributed by atoms with E-state index in [1.165, 1.54) is 12.1 Å². The van der Waals surface area contributed by atoms with Gasteiger partial charge in [-0.05, 0) is 48.5 Å². The molecular weight excluding hydrogens is 403 g/mol. The maximum absolute atomic E-state index is 12.5. The van der Waals surface area contributed by atoms with Crippen molar-refractivity contribution in [3.8, 4) is 0 Å². The zero-order chi connectivity index (χ0) is 18.4. The molecular formula is C16H11BrF3N3O2. The molecule has 0 aliphatic heterocycles. The van der Waals surface area contributed by atoms with Crippen LogP contribution < -0.4 is 5.43 Å². The third-order valence-corrected chi connectivity index (χ3v) is 3.57. The number of nitrogens with zero attached hydrogens (tertiary/aromatic N) is 2. The second-order valence-electron chi connectivity index (χ2n) is 4.76. The van der Waals surface area contributed by atoms with Crippen LogP contribution in [0.25, 0.3) is 0 Å². The van der Waals surface area contributed by atoms with E-state index in [4.69, 9.17) is 5.21 Å². The summed E-state index contributed by atoms with van der Waals surface area (Å²) in [5.41, 5.74) is 1.98. The molecule has 0 spiro atoms. The van der Waals surface area contributed by atoms with Crippen molar-refractivity contribution in [3.63, 3.8) is 0 Å². The van der Waals surface area contributed by atoms with Crippen LogP contribution in [-0.4, -0.2) is 22.9 Å². The third-order valence-electron chi connectivity index (χ3n) is 3.04. The topological polar surface area (TPSA) is 74.0 Å². The van der Waals surface area contributed by atoms with Crippen molar-refractivity contribution in [2.24, 2.45) is 10.3 Å². The molecule has 0 saturated heterocycles. The van der Waals surface area contributed by atoms with Crippen molar-refractivity contribution in [1.29, 1.82) is 0 Å². The van der Waals surface area contributed by atoms with Gasteiger partial charge in [0, 0.05) is 10.0 Å². The predicted octanol–water partition coefficient (Wildman–Crippen LogP) is 4.58. The molecule has 0 fully saturated rings. The summed E-state index contributed by atoms with van der Waals surface area (Å²) < 4.78 is 38.3. The number of carbonyl (C=O) groups is 1. The molecule has 2 aromatic rings. The van der Waals surface area contributed by atoms with Crippen LogP contribution in [0.15, 0.2) is 63.3 Å². The van der Waals surface area contributed by atoms with Gasteiger partial charge in [0.25, 0.3) is 0 Å². The maximum Gasteiger partial charge on any atom is 0.416 e. The smallest absolute Gasteiger partial charge is 0.411 e. The van der Waals surface area contributed by atoms with Crippen LogP contribution in [0.4, 0.5) is 18.9 Å². The lowest BCUT2D eigenvalue weighted by Gasteiger charge is -2.07. The SMILES string of the molecule is O=C(C(/C=N/O)=N\Nc1ccc(C(F)(F)F)cc1)c1ccc(Br)cc1. The number of alkyl halides is 3. The number of Topliss-reactive ketones (excluding diaryl/α,β-unsaturated/α-hetero) is 1. The Morgan fingerprint density at radius 1 is 1.08 bits per heavy atom. The number of anilines is 1. The van der Waals surface area contributed by atoms with Crippen LogP contribution in [0.5, 0.6) is 0 Å². The lowest BCUT2D eigenvalue weighted by Crippen LogP contribution is -2.17. The molecule has 5 nitrogen and oxygen atoms in total. The molecule has 2 N–H and O–H groups in total. The summed E-state index contributed by atoms with van der Waals surface area (Å²) in [5.74, 6) is -0.523. The van der Waals surface area contributed by atoms with Gasteiger partial charge < -0.3 is 5.21 Å². The highest BCUT2D eigenvalue weighted by molar-refractivity contribution is 9.10. The molecule has 0 heterocycles. The molecule has 0 saturated carbocycles. The molecule has 0 atom stereocenters. The van der Waals surface area contributed by atoms with Gasteiger partial charge in [0.2, 0.25) is 5.78 Å². The van der Waals surface area contributed by atoms with E-state index in [2.05, 4.69) is 31.6 Å². The predicted molar refractivity (Wildman–Crippen MR) is 91.3 cm³/mol. The van der Waals surface area contributed by atoms with Gasteiger partial charge in [0.15, 0.2) is 5.71 Å². The number of halogens is 4. The summed E-state index contributed by atoms with van der Waals surface area (Å²) in [7, 11) is 0. The van der Waals surface area contributed by atoms with E-state index in [1.807, 2.05) is 0 Å². The summed E-state index contributed by atoms with van der Waals surface area (Å²) >= 11 is 3.24. The Labute approximate surface area is 149 Å². The van der Waals surface area contributed by atoms with Gasteiger partial charge in [-0.3, -0.25) is 10.2 Å². The Balaban J connectivity index is 2.19. The summed E-state index contributed by atoms with van der Waals surface area (Å²) in [6.07, 6.45) is -3.60. The average molecular weight is 414 g/mol. The van der Waals surface area contributed by atoms with Gasteiger partial charge >= 0.3 is 6.18 Å². The van der Waals surface area contributed by atoms with Crippen molar-refractivity contribution in [3.05, 3.63) is 64.1 Å². The molecule has 0 bridgehead atoms. The second kappa shape index (κ2) is 7.93. The number of hydrogen-bond donors (Lipinski definition) is 2. The number of carbonyl (C=O) groups excluding carboxylic acids is 1. The van der Waals surface area contributed by atoms with E-state index in [0.29, 0.717) is 5.56 Å². The zero-order valence-electron chi connectivity index (χ0n) is 12.5. The van der Waals surface area contributed by atoms with Crippen LogP contribution in [0.2, 0.25) is 0 Å². The number of hydrogen-bond acceptors (Lipinski definition) is 5. The zero-order valence-corrected chi connectivity index (χ0v) is 14.0. The molecule has 2 aromatic carbocycles. The number of oxime groups is 1. The number of hydrazone groups is 1. The van der Waals surface area contributed by atoms with E-state index in [1.54, 1.807) is 24.3 Å². The highest BCUT2D eigenvalue weighted by Gasteiger charge is 2.29. The maximum atomic E-state index is 12.5. The molecule has 0 aromatic heterocycles. The van der Waals surface area contributed by atoms with E-state index >= 15 is 0 Å². The molecule has 9 heteroatoms. The minimum Gasteiger partial charge on any atom is -0.411 e. The van der Waals surface area contributed by atoms with Crippen LogP contribution >= 0.6 is 15.9 Å². The van der Waals surface area contributed by atoms with Gasteiger partial charge in [0.05, 0.1) is 17.5 Å². The second-order valence-corrected chi connectivity index (χ2v) is 5.68. The van der Waals surface area contributed by atoms with Crippen LogP contribution in [0.1, 0.15) is 15.9 Å². The van der Waals surface area contributed by atoms with Crippen LogP contribution in [0, 0.1) is 0 Å². The van der Waals surface area contributed by atoms with E-state index in [9.17, 15) is 18.0 Å². The molecule has 130 valence electrons. The highest BCUT2D eigenvalue weighted by Crippen LogP contribution is 2.29. The molecule has 0 radical (unpaired) electrons. The summed E-state index contributed by atoms with van der Waals surface area (Å²) in [4.78, 5) is 12.3. The Morgan fingerprint density at radius 3 is 2.20 bits per heavy atom. The number of nitrogens with one attached hydrogen (secondary N) is 1. The van der Waals surface area contributed by atoms with Crippen molar-refractivity contribution >= 4 is 39.3 Å². The number of ketones is 1. The fourth-order valence-corrected chi connectivity index (χ4v) is 2.06. The molecule has 2 rings (SSSR count). The molecule has 0 aliphatic rings. The average Bonchev–Trinajstić information content (AvgIpc) is 2.58.